The summed E-state index contributed by atoms with van der Waals surface area (Å²) in [7, 11) is 0.0349. The first-order chi connectivity index (χ1) is 24.3. The van der Waals surface area contributed by atoms with E-state index in [9.17, 15) is 24.9 Å². The molecule has 8 nitrogen and oxygen atoms in total. The van der Waals surface area contributed by atoms with E-state index in [4.69, 9.17) is 9.16 Å². The maximum absolute atomic E-state index is 13.5. The van der Waals surface area contributed by atoms with Gasteiger partial charge >= 0.3 is 0 Å². The number of rotatable bonds is 13. The quantitative estimate of drug-likeness (QED) is 0.0832. The molecule has 51 heavy (non-hydrogen) atoms. The van der Waals surface area contributed by atoms with E-state index in [1.54, 1.807) is 6.07 Å². The highest BCUT2D eigenvalue weighted by Crippen LogP contribution is 2.47. The second-order valence-corrected chi connectivity index (χ2v) is 20.1. The molecule has 1 fully saturated rings. The molecule has 3 N–H and O–H groups in total. The van der Waals surface area contributed by atoms with Gasteiger partial charge in [-0.1, -0.05) is 100 Å². The number of nitrogens with zero attached hydrogens (tertiary/aromatic N) is 1. The number of carbonyl (C=O) groups excluding carboxylic acids is 2. The minimum Gasteiger partial charge on any atom is -0.504 e. The Bertz CT molecular complexity index is 1750. The van der Waals surface area contributed by atoms with Crippen LogP contribution in [0, 0.1) is 21.3 Å². The molecule has 0 unspecified atom stereocenters. The first kappa shape index (κ1) is 38.9. The number of hydrogen-bond acceptors (Lipinski definition) is 7. The molecule has 5 rings (SSSR count). The van der Waals surface area contributed by atoms with E-state index in [1.807, 2.05) is 48.5 Å². The summed E-state index contributed by atoms with van der Waals surface area (Å²) >= 11 is 2.08. The number of fused-ring (bicyclic) bond motifs is 1. The van der Waals surface area contributed by atoms with Crippen molar-refractivity contribution in [2.24, 2.45) is 17.8 Å². The lowest BCUT2D eigenvalue weighted by Crippen LogP contribution is -2.66. The number of aliphatic hydroxyl groups excluding tert-OH is 2. The Balaban J connectivity index is 1.56. The zero-order chi connectivity index (χ0) is 37.1. The van der Waals surface area contributed by atoms with Gasteiger partial charge in [0, 0.05) is 13.0 Å². The molecule has 0 aromatic heterocycles. The molecule has 4 atom stereocenters. The number of phenolic OH excluding ortho intramolecular Hbond substituents is 1. The molecule has 0 bridgehead atoms. The second-order valence-electron chi connectivity index (χ2n) is 14.6. The van der Waals surface area contributed by atoms with Crippen LogP contribution in [-0.4, -0.2) is 73.8 Å². The van der Waals surface area contributed by atoms with Crippen LogP contribution < -0.4 is 15.1 Å². The third kappa shape index (κ3) is 7.62. The molecule has 1 aliphatic carbocycles. The van der Waals surface area contributed by atoms with Gasteiger partial charge in [0.2, 0.25) is 11.8 Å². The Morgan fingerprint density at radius 1 is 1.04 bits per heavy atom. The number of aliphatic hydroxyl groups is 2. The van der Waals surface area contributed by atoms with Gasteiger partial charge in [-0.15, -0.1) is 0 Å². The highest BCUT2D eigenvalue weighted by Gasteiger charge is 2.55. The van der Waals surface area contributed by atoms with Crippen LogP contribution in [-0.2, 0) is 14.0 Å². The van der Waals surface area contributed by atoms with Crippen LogP contribution in [0.5, 0.6) is 11.5 Å². The number of carbonyl (C=O) groups is 2. The first-order valence-electron chi connectivity index (χ1n) is 17.6. The number of imide groups is 1. The van der Waals surface area contributed by atoms with Gasteiger partial charge in [0.05, 0.1) is 41.8 Å². The zero-order valence-electron chi connectivity index (χ0n) is 30.4. The fourth-order valence-electron chi connectivity index (χ4n) is 8.10. The molecule has 0 radical (unpaired) electrons. The second kappa shape index (κ2) is 16.2. The molecule has 1 heterocycles. The molecular weight excluding hydrogens is 773 g/mol. The Morgan fingerprint density at radius 3 is 2.18 bits per heavy atom. The standard InChI is InChI=1S/C41H50INO7Si/c1-7-26(20-27-21-33(42)38(46)35(22-27)49-6)18-19-34(45)36-28(23-31-37(32(36)24-44)40(48)43(5)39(31)47)25-50-51(41(2,3)4,29-14-10-8-11-15-29)30-16-12-9-13-17-30/h8-17,20-22,31-32,34,37,44-46H,7,18-19,23-25H2,1-6H3/b26-20+/t31-,32+,34-,37-/m1/s1. The van der Waals surface area contributed by atoms with Gasteiger partial charge in [-0.2, -0.15) is 0 Å². The van der Waals surface area contributed by atoms with Crippen LogP contribution in [0.2, 0.25) is 5.04 Å². The van der Waals surface area contributed by atoms with Crippen molar-refractivity contribution in [3.8, 4) is 11.5 Å². The van der Waals surface area contributed by atoms with Crippen LogP contribution in [0.4, 0.5) is 0 Å². The number of amides is 2. The monoisotopic (exact) mass is 823 g/mol. The van der Waals surface area contributed by atoms with Gasteiger partial charge < -0.3 is 24.5 Å². The summed E-state index contributed by atoms with van der Waals surface area (Å²) in [6.07, 6.45) is 3.01. The number of ether oxygens (including phenoxy) is 1. The highest BCUT2D eigenvalue weighted by molar-refractivity contribution is 14.1. The van der Waals surface area contributed by atoms with E-state index in [0.29, 0.717) is 27.7 Å². The Hall–Kier alpha value is -3.29. The Labute approximate surface area is 316 Å². The first-order valence-corrected chi connectivity index (χ1v) is 20.6. The zero-order valence-corrected chi connectivity index (χ0v) is 33.5. The van der Waals surface area contributed by atoms with Crippen LogP contribution in [0.3, 0.4) is 0 Å². The van der Waals surface area contributed by atoms with Gasteiger partial charge in [-0.3, -0.25) is 14.5 Å². The third-order valence-corrected chi connectivity index (χ3v) is 16.5. The molecular formula is C41H50INO7Si. The average molecular weight is 824 g/mol. The molecule has 1 aliphatic heterocycles. The molecule has 0 spiro atoms. The van der Waals surface area contributed by atoms with E-state index in [-0.39, 0.29) is 42.2 Å². The third-order valence-electron chi connectivity index (χ3n) is 10.7. The predicted molar refractivity (Wildman–Crippen MR) is 211 cm³/mol. The summed E-state index contributed by atoms with van der Waals surface area (Å²) in [5, 5.41) is 35.2. The van der Waals surface area contributed by atoms with Crippen LogP contribution in [0.1, 0.15) is 58.9 Å². The molecule has 2 aliphatic rings. The van der Waals surface area contributed by atoms with Crippen molar-refractivity contribution in [1.29, 1.82) is 0 Å². The van der Waals surface area contributed by atoms with E-state index in [0.717, 1.165) is 33.5 Å². The van der Waals surface area contributed by atoms with Crippen LogP contribution in [0.15, 0.2) is 89.5 Å². The van der Waals surface area contributed by atoms with Gasteiger partial charge in [0.25, 0.3) is 8.32 Å². The predicted octanol–water partition coefficient (Wildman–Crippen LogP) is 6.06. The highest BCUT2D eigenvalue weighted by atomic mass is 127. The SMILES string of the molecule is CC/C(=C\c1cc(I)c(O)c(OC)c1)CC[C@@H](O)C1=C(CO[Si](c2ccccc2)(c2ccccc2)C(C)(C)C)C[C@H]2C(=O)N(C)C(=O)[C@H]2[C@H]1CO. The number of halogens is 1. The topological polar surface area (TPSA) is 117 Å². The number of likely N-dealkylation sites (tertiary alicyclic amines) is 1. The number of hydrogen-bond donors (Lipinski definition) is 3. The van der Waals surface area contributed by atoms with Gasteiger partial charge in [-0.05, 0) is 92.5 Å². The molecule has 0 saturated carbocycles. The molecule has 1 saturated heterocycles. The summed E-state index contributed by atoms with van der Waals surface area (Å²) in [4.78, 5) is 28.1. The van der Waals surface area contributed by atoms with Crippen molar-refractivity contribution in [3.63, 3.8) is 0 Å². The number of phenols is 1. The Morgan fingerprint density at radius 2 is 1.65 bits per heavy atom. The molecule has 10 heteroatoms. The normalized spacial score (nSPS) is 20.5. The Kier molecular flexibility index (Phi) is 12.3. The summed E-state index contributed by atoms with van der Waals surface area (Å²) in [6, 6.07) is 24.3. The number of methoxy groups -OCH3 is 1. The maximum Gasteiger partial charge on any atom is 0.261 e. The fourth-order valence-corrected chi connectivity index (χ4v) is 13.3. The minimum absolute atomic E-state index is 0.0970. The van der Waals surface area contributed by atoms with E-state index in [1.165, 1.54) is 19.1 Å². The average Bonchev–Trinajstić information content (AvgIpc) is 3.34. The van der Waals surface area contributed by atoms with Crippen molar-refractivity contribution in [3.05, 3.63) is 98.6 Å². The maximum atomic E-state index is 13.5. The van der Waals surface area contributed by atoms with E-state index in [2.05, 4.69) is 74.6 Å². The summed E-state index contributed by atoms with van der Waals surface area (Å²) in [5.74, 6) is -2.15. The number of benzene rings is 3. The summed E-state index contributed by atoms with van der Waals surface area (Å²) in [5.41, 5.74) is 3.37. The van der Waals surface area contributed by atoms with E-state index < -0.39 is 32.2 Å². The molecule has 2 amide bonds. The smallest absolute Gasteiger partial charge is 0.261 e. The molecule has 3 aromatic carbocycles. The lowest BCUT2D eigenvalue weighted by Gasteiger charge is -2.44. The van der Waals surface area contributed by atoms with Crippen molar-refractivity contribution in [1.82, 2.24) is 4.90 Å². The van der Waals surface area contributed by atoms with Crippen molar-refractivity contribution >= 4 is 59.2 Å². The molecule has 272 valence electrons. The van der Waals surface area contributed by atoms with Crippen molar-refractivity contribution in [2.75, 3.05) is 27.4 Å². The van der Waals surface area contributed by atoms with Crippen LogP contribution >= 0.6 is 22.6 Å². The molecule has 3 aromatic rings. The minimum atomic E-state index is -2.99. The van der Waals surface area contributed by atoms with Crippen LogP contribution in [0.25, 0.3) is 6.08 Å². The van der Waals surface area contributed by atoms with E-state index >= 15 is 0 Å². The number of allylic oxidation sites excluding steroid dienone is 1. The van der Waals surface area contributed by atoms with Gasteiger partial charge in [0.15, 0.2) is 11.5 Å². The lowest BCUT2D eigenvalue weighted by atomic mass is 9.68. The van der Waals surface area contributed by atoms with Gasteiger partial charge in [-0.25, -0.2) is 0 Å². The van der Waals surface area contributed by atoms with Gasteiger partial charge in [0.1, 0.15) is 0 Å². The van der Waals surface area contributed by atoms with Crippen molar-refractivity contribution < 1.29 is 34.1 Å². The largest absolute Gasteiger partial charge is 0.504 e. The fraction of sp³-hybridized carbons (Fsp3) is 0.415. The number of aromatic hydroxyl groups is 1. The lowest BCUT2D eigenvalue weighted by molar-refractivity contribution is -0.138. The summed E-state index contributed by atoms with van der Waals surface area (Å²) in [6.45, 7) is 8.46. The summed E-state index contributed by atoms with van der Waals surface area (Å²) < 4.78 is 13.4. The van der Waals surface area contributed by atoms with Crippen molar-refractivity contribution in [2.45, 2.75) is 64.5 Å².